The van der Waals surface area contributed by atoms with Gasteiger partial charge in [0.05, 0.1) is 12.5 Å². The number of nitrogens with one attached hydrogen (secondary N) is 1. The van der Waals surface area contributed by atoms with Crippen molar-refractivity contribution in [2.24, 2.45) is 11.8 Å². The number of esters is 1. The molecule has 47 heavy (non-hydrogen) atoms. The van der Waals surface area contributed by atoms with Crippen molar-refractivity contribution in [1.82, 2.24) is 10.3 Å². The molecule has 0 bridgehead atoms. The molecule has 8 nitrogen and oxygen atoms in total. The summed E-state index contributed by atoms with van der Waals surface area (Å²) in [5, 5.41) is 2.82. The third kappa shape index (κ3) is 11.6. The lowest BCUT2D eigenvalue weighted by Gasteiger charge is -2.23. The molecule has 0 radical (unpaired) electrons. The molecule has 1 N–H and O–H groups in total. The van der Waals surface area contributed by atoms with Gasteiger partial charge in [0.15, 0.2) is 11.6 Å². The van der Waals surface area contributed by atoms with Crippen LogP contribution in [0.25, 0.3) is 0 Å². The van der Waals surface area contributed by atoms with Gasteiger partial charge in [-0.05, 0) is 53.6 Å². The number of nitrogens with zero attached hydrogens (tertiary/aromatic N) is 1. The fourth-order valence-electron chi connectivity index (χ4n) is 5.25. The first-order valence-electron chi connectivity index (χ1n) is 15.8. The maximum absolute atomic E-state index is 13.9. The van der Waals surface area contributed by atoms with Crippen molar-refractivity contribution in [2.45, 2.75) is 58.1 Å². The Morgan fingerprint density at radius 1 is 0.681 bits per heavy atom. The van der Waals surface area contributed by atoms with Crippen LogP contribution in [0.1, 0.15) is 48.4 Å². The van der Waals surface area contributed by atoms with Crippen molar-refractivity contribution in [3.8, 4) is 0 Å². The predicted molar refractivity (Wildman–Crippen MR) is 178 cm³/mol. The van der Waals surface area contributed by atoms with Crippen LogP contribution in [0.4, 0.5) is 0 Å². The lowest BCUT2D eigenvalue weighted by Crippen LogP contribution is -2.46. The van der Waals surface area contributed by atoms with E-state index in [1.807, 2.05) is 91.0 Å². The van der Waals surface area contributed by atoms with E-state index >= 15 is 0 Å². The summed E-state index contributed by atoms with van der Waals surface area (Å²) in [6.45, 7) is 1.69. The molecular formula is C39H40N2O6. The number of ether oxygens (including phenoxy) is 1. The van der Waals surface area contributed by atoms with Crippen molar-refractivity contribution >= 4 is 29.2 Å². The summed E-state index contributed by atoms with van der Waals surface area (Å²) in [6, 6.07) is 30.4. The van der Waals surface area contributed by atoms with Gasteiger partial charge in [-0.1, -0.05) is 97.9 Å². The third-order valence-electron chi connectivity index (χ3n) is 7.96. The van der Waals surface area contributed by atoms with E-state index in [1.54, 1.807) is 31.5 Å². The number of hydrogen-bond donors (Lipinski definition) is 1. The van der Waals surface area contributed by atoms with Crippen molar-refractivity contribution in [3.63, 3.8) is 0 Å². The zero-order valence-electron chi connectivity index (χ0n) is 26.5. The lowest BCUT2D eigenvalue weighted by atomic mass is 9.85. The van der Waals surface area contributed by atoms with Crippen LogP contribution >= 0.6 is 0 Å². The van der Waals surface area contributed by atoms with Gasteiger partial charge < -0.3 is 10.1 Å². The number of carbonyl (C=O) groups is 5. The minimum Gasteiger partial charge on any atom is -0.461 e. The molecule has 0 fully saturated rings. The normalized spacial score (nSPS) is 12.7. The number of carbonyl (C=O) groups excluding carboxylic acids is 5. The van der Waals surface area contributed by atoms with Crippen molar-refractivity contribution in [1.29, 1.82) is 0 Å². The Balaban J connectivity index is 1.45. The molecule has 0 aliphatic carbocycles. The average Bonchev–Trinajstić information content (AvgIpc) is 3.10. The molecule has 0 spiro atoms. The van der Waals surface area contributed by atoms with Crippen LogP contribution in [0.15, 0.2) is 116 Å². The maximum Gasteiger partial charge on any atom is 0.306 e. The highest BCUT2D eigenvalue weighted by molar-refractivity contribution is 6.38. The minimum atomic E-state index is -0.988. The number of hydrogen-bond acceptors (Lipinski definition) is 7. The van der Waals surface area contributed by atoms with E-state index in [-0.39, 0.29) is 44.5 Å². The first-order valence-corrected chi connectivity index (χ1v) is 15.8. The second kappa shape index (κ2) is 18.0. The minimum absolute atomic E-state index is 0.0391. The first-order chi connectivity index (χ1) is 22.8. The lowest BCUT2D eigenvalue weighted by molar-refractivity contribution is -0.148. The number of Topliss-reactive ketones (excluding diaryl/α,β-unsaturated/α-hetero) is 3. The van der Waals surface area contributed by atoms with Gasteiger partial charge in [-0.3, -0.25) is 29.0 Å². The van der Waals surface area contributed by atoms with Crippen LogP contribution in [-0.4, -0.2) is 40.3 Å². The van der Waals surface area contributed by atoms with Gasteiger partial charge in [0, 0.05) is 37.1 Å². The first kappa shape index (κ1) is 34.6. The average molecular weight is 633 g/mol. The molecule has 3 atom stereocenters. The molecule has 0 unspecified atom stereocenters. The Bertz CT molecular complexity index is 1610. The van der Waals surface area contributed by atoms with E-state index < -0.39 is 41.3 Å². The van der Waals surface area contributed by atoms with Crippen molar-refractivity contribution in [2.75, 3.05) is 0 Å². The van der Waals surface area contributed by atoms with Gasteiger partial charge >= 0.3 is 5.97 Å². The molecule has 4 aromatic rings. The topological polar surface area (TPSA) is 120 Å². The fraction of sp³-hybridized carbons (Fsp3) is 0.282. The fourth-order valence-corrected chi connectivity index (χ4v) is 5.25. The van der Waals surface area contributed by atoms with E-state index in [4.69, 9.17) is 4.74 Å². The molecule has 1 amide bonds. The van der Waals surface area contributed by atoms with Crippen LogP contribution < -0.4 is 5.32 Å². The highest BCUT2D eigenvalue weighted by Crippen LogP contribution is 2.19. The number of amides is 1. The van der Waals surface area contributed by atoms with Gasteiger partial charge in [-0.25, -0.2) is 0 Å². The van der Waals surface area contributed by atoms with E-state index in [2.05, 4.69) is 10.3 Å². The van der Waals surface area contributed by atoms with Crippen LogP contribution in [-0.2, 0) is 54.6 Å². The molecule has 0 aliphatic heterocycles. The number of aromatic nitrogens is 1. The quantitative estimate of drug-likeness (QED) is 0.114. The molecule has 0 aliphatic rings. The highest BCUT2D eigenvalue weighted by atomic mass is 16.5. The Hall–Kier alpha value is -5.24. The maximum atomic E-state index is 13.9. The van der Waals surface area contributed by atoms with E-state index in [1.165, 1.54) is 0 Å². The summed E-state index contributed by atoms with van der Waals surface area (Å²) in [7, 11) is 0. The van der Waals surface area contributed by atoms with Crippen molar-refractivity contribution in [3.05, 3.63) is 138 Å². The Kier molecular flexibility index (Phi) is 13.3. The molecule has 0 saturated heterocycles. The molecule has 1 heterocycles. The molecule has 4 rings (SSSR count). The molecule has 0 saturated carbocycles. The molecule has 3 aromatic carbocycles. The van der Waals surface area contributed by atoms with Gasteiger partial charge in [-0.2, -0.15) is 0 Å². The van der Waals surface area contributed by atoms with Gasteiger partial charge in [-0.15, -0.1) is 0 Å². The summed E-state index contributed by atoms with van der Waals surface area (Å²) in [6.07, 6.45) is 3.62. The monoisotopic (exact) mass is 632 g/mol. The van der Waals surface area contributed by atoms with Crippen LogP contribution in [0, 0.1) is 11.8 Å². The highest BCUT2D eigenvalue weighted by Gasteiger charge is 2.32. The largest absolute Gasteiger partial charge is 0.461 e. The predicted octanol–water partition coefficient (Wildman–Crippen LogP) is 5.47. The smallest absolute Gasteiger partial charge is 0.306 e. The van der Waals surface area contributed by atoms with Crippen LogP contribution in [0.2, 0.25) is 0 Å². The van der Waals surface area contributed by atoms with Gasteiger partial charge in [0.2, 0.25) is 11.7 Å². The second-order valence-electron chi connectivity index (χ2n) is 11.7. The zero-order chi connectivity index (χ0) is 33.4. The summed E-state index contributed by atoms with van der Waals surface area (Å²) in [5.41, 5.74) is 3.37. The molecular weight excluding hydrogens is 592 g/mol. The van der Waals surface area contributed by atoms with Crippen LogP contribution in [0.5, 0.6) is 0 Å². The molecule has 8 heteroatoms. The van der Waals surface area contributed by atoms with Gasteiger partial charge in [0.25, 0.3) is 0 Å². The molecule has 242 valence electrons. The third-order valence-corrected chi connectivity index (χ3v) is 7.96. The van der Waals surface area contributed by atoms with E-state index in [9.17, 15) is 24.0 Å². The summed E-state index contributed by atoms with van der Waals surface area (Å²) < 4.78 is 5.34. The standard InChI is InChI=1S/C39H40N2O6/c1-28(23-37(44)47-27-32-15-9-4-10-16-32)39(46)41-34(25-31-19-21-40-22-20-31)36(43)26-33(24-30-13-7-3-8-14-30)38(45)35(42)18-17-29-11-5-2-6-12-29/h2-16,19-22,28,33-34H,17-18,23-27H2,1H3,(H,41,46)/t28-,33-,34+/m1/s1. The zero-order valence-corrected chi connectivity index (χ0v) is 26.5. The number of aryl methyl sites for hydroxylation is 1. The summed E-state index contributed by atoms with van der Waals surface area (Å²) in [4.78, 5) is 70.4. The number of rotatable bonds is 18. The Morgan fingerprint density at radius 3 is 1.85 bits per heavy atom. The van der Waals surface area contributed by atoms with Crippen molar-refractivity contribution < 1.29 is 28.7 Å². The summed E-state index contributed by atoms with van der Waals surface area (Å²) in [5.74, 6) is -4.18. The Labute approximate surface area is 275 Å². The number of pyridine rings is 1. The summed E-state index contributed by atoms with van der Waals surface area (Å²) >= 11 is 0. The number of ketones is 3. The van der Waals surface area contributed by atoms with Crippen LogP contribution in [0.3, 0.4) is 0 Å². The van der Waals surface area contributed by atoms with E-state index in [0.29, 0.717) is 6.42 Å². The molecule has 1 aromatic heterocycles. The van der Waals surface area contributed by atoms with Gasteiger partial charge in [0.1, 0.15) is 6.61 Å². The second-order valence-corrected chi connectivity index (χ2v) is 11.7. The van der Waals surface area contributed by atoms with E-state index in [0.717, 1.165) is 22.3 Å². The number of benzene rings is 3. The Morgan fingerprint density at radius 2 is 1.23 bits per heavy atom. The SMILES string of the molecule is C[C@H](CC(=O)OCc1ccccc1)C(=O)N[C@@H](Cc1ccncc1)C(=O)C[C@@H](Cc1ccccc1)C(=O)C(=O)CCc1ccccc1.